The van der Waals surface area contributed by atoms with E-state index in [1.54, 1.807) is 12.3 Å². The number of H-pyrrole nitrogens is 1. The van der Waals surface area contributed by atoms with E-state index < -0.39 is 31.8 Å². The van der Waals surface area contributed by atoms with Gasteiger partial charge in [-0.2, -0.15) is 0 Å². The summed E-state index contributed by atoms with van der Waals surface area (Å²) >= 11 is 6.04. The number of nitrogens with zero attached hydrogens (tertiary/aromatic N) is 2. The molecule has 8 nitrogen and oxygen atoms in total. The molecule has 1 saturated carbocycles. The minimum Gasteiger partial charge on any atom is -0.421 e. The standard InChI is InChI=1S/C23H21ClFN3O5S/c1-23(2)11-12(23)5-7-27-8-6-14-16(25)9-13(10-17(14)27)34(32,33)18-4-3-15(24)19-20(18)26-22(30)28(31)21(19)29/h3-4,6,8-10,12,31H,5,7,11H2,1-2H3,(H,26,30). The van der Waals surface area contributed by atoms with Crippen LogP contribution in [0.15, 0.2) is 55.9 Å². The fourth-order valence-corrected chi connectivity index (χ4v) is 6.23. The smallest absolute Gasteiger partial charge is 0.362 e. The first kappa shape index (κ1) is 22.7. The number of hydrogen-bond acceptors (Lipinski definition) is 5. The molecule has 2 heterocycles. The van der Waals surface area contributed by atoms with Crippen molar-refractivity contribution in [2.24, 2.45) is 11.3 Å². The highest BCUT2D eigenvalue weighted by Gasteiger charge is 2.44. The quantitative estimate of drug-likeness (QED) is 0.399. The summed E-state index contributed by atoms with van der Waals surface area (Å²) < 4.78 is 43.7. The Labute approximate surface area is 198 Å². The highest BCUT2D eigenvalue weighted by Crippen LogP contribution is 2.53. The summed E-state index contributed by atoms with van der Waals surface area (Å²) in [7, 11) is -4.39. The molecule has 0 amide bonds. The van der Waals surface area contributed by atoms with Gasteiger partial charge < -0.3 is 14.8 Å². The minimum absolute atomic E-state index is 0.156. The van der Waals surface area contributed by atoms with Crippen molar-refractivity contribution in [3.63, 3.8) is 0 Å². The Morgan fingerprint density at radius 3 is 2.62 bits per heavy atom. The number of benzene rings is 2. The van der Waals surface area contributed by atoms with Crippen LogP contribution in [0.2, 0.25) is 5.02 Å². The first-order valence-electron chi connectivity index (χ1n) is 10.6. The van der Waals surface area contributed by atoms with E-state index in [9.17, 15) is 27.6 Å². The summed E-state index contributed by atoms with van der Waals surface area (Å²) in [6.07, 6.45) is 3.75. The Balaban J connectivity index is 1.66. The second kappa shape index (κ2) is 7.44. The number of rotatable bonds is 5. The predicted octanol–water partition coefficient (Wildman–Crippen LogP) is 3.94. The molecule has 178 valence electrons. The van der Waals surface area contributed by atoms with Crippen molar-refractivity contribution in [2.45, 2.75) is 43.0 Å². The zero-order valence-electron chi connectivity index (χ0n) is 18.3. The summed E-state index contributed by atoms with van der Waals surface area (Å²) in [5, 5.41) is 9.40. The van der Waals surface area contributed by atoms with Crippen LogP contribution >= 0.6 is 11.6 Å². The Morgan fingerprint density at radius 1 is 1.24 bits per heavy atom. The lowest BCUT2D eigenvalue weighted by molar-refractivity contribution is 0.162. The van der Waals surface area contributed by atoms with Crippen molar-refractivity contribution in [3.05, 3.63) is 68.2 Å². The van der Waals surface area contributed by atoms with E-state index in [0.717, 1.165) is 25.0 Å². The van der Waals surface area contributed by atoms with Crippen LogP contribution < -0.4 is 11.2 Å². The van der Waals surface area contributed by atoms with E-state index >= 15 is 0 Å². The van der Waals surface area contributed by atoms with Crippen molar-refractivity contribution in [2.75, 3.05) is 0 Å². The molecule has 4 aromatic rings. The van der Waals surface area contributed by atoms with Crippen LogP contribution in [0.1, 0.15) is 26.7 Å². The van der Waals surface area contributed by atoms with E-state index in [4.69, 9.17) is 11.6 Å². The van der Waals surface area contributed by atoms with Gasteiger partial charge in [0.15, 0.2) is 0 Å². The largest absolute Gasteiger partial charge is 0.421 e. The zero-order valence-corrected chi connectivity index (χ0v) is 19.9. The molecular weight excluding hydrogens is 485 g/mol. The van der Waals surface area contributed by atoms with Crippen LogP contribution in [0, 0.1) is 17.2 Å². The maximum atomic E-state index is 15.0. The average molecular weight is 506 g/mol. The van der Waals surface area contributed by atoms with Crippen LogP contribution in [-0.2, 0) is 16.4 Å². The van der Waals surface area contributed by atoms with Gasteiger partial charge in [-0.05, 0) is 54.5 Å². The summed E-state index contributed by atoms with van der Waals surface area (Å²) in [5.74, 6) is -0.138. The lowest BCUT2D eigenvalue weighted by atomic mass is 10.1. The number of aromatic amines is 1. The van der Waals surface area contributed by atoms with Crippen LogP contribution in [0.5, 0.6) is 0 Å². The maximum Gasteiger partial charge on any atom is 0.362 e. The minimum atomic E-state index is -4.39. The lowest BCUT2D eigenvalue weighted by Gasteiger charge is -2.11. The third kappa shape index (κ3) is 3.43. The molecule has 2 N–H and O–H groups in total. The number of fused-ring (bicyclic) bond motifs is 2. The number of hydrogen-bond donors (Lipinski definition) is 2. The first-order valence-corrected chi connectivity index (χ1v) is 12.5. The molecule has 34 heavy (non-hydrogen) atoms. The average Bonchev–Trinajstić information content (AvgIpc) is 3.17. The summed E-state index contributed by atoms with van der Waals surface area (Å²) in [6.45, 7) is 5.01. The topological polar surface area (TPSA) is 114 Å². The first-order chi connectivity index (χ1) is 15.9. The molecule has 5 rings (SSSR count). The molecule has 2 aromatic heterocycles. The number of halogens is 2. The molecule has 2 aromatic carbocycles. The molecule has 1 unspecified atom stereocenters. The Hall–Kier alpha value is -3.11. The predicted molar refractivity (Wildman–Crippen MR) is 125 cm³/mol. The van der Waals surface area contributed by atoms with Gasteiger partial charge in [-0.1, -0.05) is 30.2 Å². The highest BCUT2D eigenvalue weighted by atomic mass is 35.5. The third-order valence-corrected chi connectivity index (χ3v) is 8.88. The van der Waals surface area contributed by atoms with Crippen LogP contribution in [0.4, 0.5) is 4.39 Å². The van der Waals surface area contributed by atoms with E-state index in [-0.39, 0.29) is 25.6 Å². The molecule has 1 atom stereocenters. The molecule has 0 bridgehead atoms. The van der Waals surface area contributed by atoms with E-state index in [1.807, 2.05) is 4.57 Å². The van der Waals surface area contributed by atoms with E-state index in [2.05, 4.69) is 18.8 Å². The zero-order chi connectivity index (χ0) is 24.6. The molecule has 0 saturated heterocycles. The Bertz CT molecular complexity index is 1720. The van der Waals surface area contributed by atoms with Gasteiger partial charge in [-0.3, -0.25) is 4.79 Å². The van der Waals surface area contributed by atoms with E-state index in [0.29, 0.717) is 28.8 Å². The third-order valence-electron chi connectivity index (χ3n) is 6.79. The van der Waals surface area contributed by atoms with Crippen LogP contribution in [-0.4, -0.2) is 27.9 Å². The van der Waals surface area contributed by atoms with Gasteiger partial charge in [-0.15, -0.1) is 0 Å². The van der Waals surface area contributed by atoms with Crippen LogP contribution in [0.25, 0.3) is 21.8 Å². The van der Waals surface area contributed by atoms with Gasteiger partial charge in [-0.25, -0.2) is 17.6 Å². The van der Waals surface area contributed by atoms with Crippen molar-refractivity contribution >= 4 is 43.2 Å². The van der Waals surface area contributed by atoms with Crippen molar-refractivity contribution < 1.29 is 18.0 Å². The fraction of sp³-hybridized carbons (Fsp3) is 0.304. The molecule has 0 spiro atoms. The van der Waals surface area contributed by atoms with Gasteiger partial charge in [0.05, 0.1) is 31.2 Å². The summed E-state index contributed by atoms with van der Waals surface area (Å²) in [5.41, 5.74) is -2.03. The van der Waals surface area contributed by atoms with Crippen molar-refractivity contribution in [1.82, 2.24) is 14.3 Å². The molecule has 1 fully saturated rings. The second-order valence-corrected chi connectivity index (χ2v) is 11.7. The number of aromatic nitrogens is 3. The van der Waals surface area contributed by atoms with Gasteiger partial charge in [0.2, 0.25) is 9.84 Å². The summed E-state index contributed by atoms with van der Waals surface area (Å²) in [4.78, 5) is 25.7. The number of aryl methyl sites for hydroxylation is 1. The molecule has 0 aliphatic heterocycles. The molecular formula is C23H21ClFN3O5S. The van der Waals surface area contributed by atoms with Crippen molar-refractivity contribution in [3.8, 4) is 0 Å². The van der Waals surface area contributed by atoms with Gasteiger partial charge >= 0.3 is 5.69 Å². The van der Waals surface area contributed by atoms with Crippen molar-refractivity contribution in [1.29, 1.82) is 0 Å². The summed E-state index contributed by atoms with van der Waals surface area (Å²) in [6, 6.07) is 6.21. The van der Waals surface area contributed by atoms with E-state index in [1.165, 1.54) is 12.1 Å². The normalized spacial score (nSPS) is 17.5. The van der Waals surface area contributed by atoms with Gasteiger partial charge in [0, 0.05) is 18.1 Å². The molecule has 1 aliphatic carbocycles. The molecule has 11 heteroatoms. The monoisotopic (exact) mass is 505 g/mol. The fourth-order valence-electron chi connectivity index (χ4n) is 4.54. The van der Waals surface area contributed by atoms with Gasteiger partial charge in [0.25, 0.3) is 5.56 Å². The maximum absolute atomic E-state index is 15.0. The van der Waals surface area contributed by atoms with Gasteiger partial charge in [0.1, 0.15) is 5.82 Å². The molecule has 1 aliphatic rings. The number of sulfone groups is 1. The Morgan fingerprint density at radius 2 is 1.94 bits per heavy atom. The Kier molecular flexibility index (Phi) is 4.96. The lowest BCUT2D eigenvalue weighted by Crippen LogP contribution is -2.33. The van der Waals surface area contributed by atoms with Crippen LogP contribution in [0.3, 0.4) is 0 Å². The highest BCUT2D eigenvalue weighted by molar-refractivity contribution is 7.91. The second-order valence-electron chi connectivity index (χ2n) is 9.37. The molecule has 0 radical (unpaired) electrons. The SMILES string of the molecule is CC1(C)CC1CCn1ccc2c(F)cc(S(=O)(=O)c3ccc(Cl)c4c(=O)n(O)c(=O)[nH]c34)cc21. The number of nitrogens with one attached hydrogen (secondary N) is 1.